The largest absolute Gasteiger partial charge is 0.449 e. The van der Waals surface area contributed by atoms with Gasteiger partial charge in [0, 0.05) is 18.2 Å². The fourth-order valence-corrected chi connectivity index (χ4v) is 4.56. The molecular formula is C27H26FN3O2. The van der Waals surface area contributed by atoms with E-state index >= 15 is 0 Å². The molecule has 1 N–H and O–H groups in total. The van der Waals surface area contributed by atoms with Gasteiger partial charge in [-0.2, -0.15) is 0 Å². The van der Waals surface area contributed by atoms with Crippen LogP contribution in [-0.4, -0.2) is 15.5 Å². The van der Waals surface area contributed by atoms with Gasteiger partial charge in [-0.3, -0.25) is 4.79 Å². The van der Waals surface area contributed by atoms with Gasteiger partial charge in [-0.25, -0.2) is 9.37 Å². The predicted octanol–water partition coefficient (Wildman–Crippen LogP) is 6.30. The van der Waals surface area contributed by atoms with Crippen LogP contribution in [0, 0.1) is 12.7 Å². The van der Waals surface area contributed by atoms with E-state index in [2.05, 4.69) is 14.9 Å². The van der Waals surface area contributed by atoms with Crippen molar-refractivity contribution < 1.29 is 13.6 Å². The van der Waals surface area contributed by atoms with Crippen molar-refractivity contribution in [3.8, 4) is 22.7 Å². The summed E-state index contributed by atoms with van der Waals surface area (Å²) in [5.74, 6) is 0.278. The molecule has 0 unspecified atom stereocenters. The summed E-state index contributed by atoms with van der Waals surface area (Å²) in [7, 11) is 0. The summed E-state index contributed by atoms with van der Waals surface area (Å²) in [5.41, 5.74) is 4.54. The molecular weight excluding hydrogens is 417 g/mol. The molecule has 0 spiro atoms. The molecule has 6 heteroatoms. The van der Waals surface area contributed by atoms with Gasteiger partial charge >= 0.3 is 0 Å². The van der Waals surface area contributed by atoms with Gasteiger partial charge in [-0.1, -0.05) is 42.7 Å². The molecule has 1 amide bonds. The molecule has 2 aromatic carbocycles. The van der Waals surface area contributed by atoms with Crippen molar-refractivity contribution in [1.29, 1.82) is 0 Å². The Labute approximate surface area is 192 Å². The van der Waals surface area contributed by atoms with Crippen molar-refractivity contribution >= 4 is 5.91 Å². The number of nitrogens with one attached hydrogen (secondary N) is 1. The third-order valence-corrected chi connectivity index (χ3v) is 6.23. The van der Waals surface area contributed by atoms with E-state index in [9.17, 15) is 9.18 Å². The first-order valence-corrected chi connectivity index (χ1v) is 11.4. The van der Waals surface area contributed by atoms with Crippen LogP contribution in [0.5, 0.6) is 0 Å². The molecule has 33 heavy (non-hydrogen) atoms. The number of aryl methyl sites for hydroxylation is 1. The Morgan fingerprint density at radius 2 is 1.91 bits per heavy atom. The summed E-state index contributed by atoms with van der Waals surface area (Å²) in [6.45, 7) is 2.45. The number of rotatable bonds is 6. The number of furan rings is 1. The molecule has 2 aromatic heterocycles. The van der Waals surface area contributed by atoms with Crippen molar-refractivity contribution in [2.75, 3.05) is 0 Å². The maximum atomic E-state index is 13.5. The van der Waals surface area contributed by atoms with Gasteiger partial charge in [-0.05, 0) is 61.7 Å². The quantitative estimate of drug-likeness (QED) is 0.380. The van der Waals surface area contributed by atoms with Crippen LogP contribution in [0.2, 0.25) is 0 Å². The molecule has 1 saturated carbocycles. The van der Waals surface area contributed by atoms with E-state index in [1.807, 2.05) is 43.6 Å². The molecule has 2 heterocycles. The van der Waals surface area contributed by atoms with Crippen molar-refractivity contribution in [3.05, 3.63) is 89.7 Å². The van der Waals surface area contributed by atoms with Crippen LogP contribution in [0.25, 0.3) is 22.7 Å². The van der Waals surface area contributed by atoms with Crippen LogP contribution in [0.1, 0.15) is 53.4 Å². The third-order valence-electron chi connectivity index (χ3n) is 6.23. The second-order valence-electron chi connectivity index (χ2n) is 8.63. The van der Waals surface area contributed by atoms with Crippen LogP contribution in [0.4, 0.5) is 4.39 Å². The van der Waals surface area contributed by atoms with Gasteiger partial charge in [0.2, 0.25) is 0 Å². The minimum atomic E-state index is -0.291. The molecule has 0 atom stereocenters. The SMILES string of the molecule is Cc1cccc(CNC(=O)c2ccc(-c3c(-c4ccc(F)cc4)ncn3C3CCCC3)o2)c1. The minimum Gasteiger partial charge on any atom is -0.449 e. The first-order chi connectivity index (χ1) is 16.1. The van der Waals surface area contributed by atoms with E-state index in [1.54, 1.807) is 18.2 Å². The Morgan fingerprint density at radius 1 is 1.12 bits per heavy atom. The van der Waals surface area contributed by atoms with E-state index in [-0.39, 0.29) is 17.5 Å². The van der Waals surface area contributed by atoms with Gasteiger partial charge in [0.15, 0.2) is 11.5 Å². The van der Waals surface area contributed by atoms with Crippen LogP contribution < -0.4 is 5.32 Å². The predicted molar refractivity (Wildman–Crippen MR) is 125 cm³/mol. The van der Waals surface area contributed by atoms with Crippen LogP contribution in [-0.2, 0) is 6.54 Å². The Bertz CT molecular complexity index is 1270. The highest BCUT2D eigenvalue weighted by molar-refractivity contribution is 5.92. The van der Waals surface area contributed by atoms with Crippen molar-refractivity contribution in [2.45, 2.75) is 45.2 Å². The summed E-state index contributed by atoms with van der Waals surface area (Å²) in [6.07, 6.45) is 6.36. The Balaban J connectivity index is 1.44. The number of amides is 1. The second kappa shape index (κ2) is 9.06. The molecule has 1 fully saturated rings. The van der Waals surface area contributed by atoms with E-state index < -0.39 is 0 Å². The van der Waals surface area contributed by atoms with Crippen molar-refractivity contribution in [2.24, 2.45) is 0 Å². The standard InChI is InChI=1S/C27H26FN3O2/c1-18-5-4-6-19(15-18)16-29-27(32)24-14-13-23(33-24)26-25(20-9-11-21(28)12-10-20)30-17-31(26)22-7-2-3-8-22/h4-6,9-15,17,22H,2-3,7-8,16H2,1H3,(H,29,32). The number of aromatic nitrogens is 2. The highest BCUT2D eigenvalue weighted by atomic mass is 19.1. The van der Waals surface area contributed by atoms with Crippen molar-refractivity contribution in [3.63, 3.8) is 0 Å². The lowest BCUT2D eigenvalue weighted by atomic mass is 10.1. The maximum Gasteiger partial charge on any atom is 0.287 e. The van der Waals surface area contributed by atoms with Gasteiger partial charge in [0.05, 0.1) is 12.0 Å². The van der Waals surface area contributed by atoms with E-state index in [4.69, 9.17) is 4.42 Å². The number of carbonyl (C=O) groups excluding carboxylic acids is 1. The van der Waals surface area contributed by atoms with Gasteiger partial charge in [0.25, 0.3) is 5.91 Å². The zero-order chi connectivity index (χ0) is 22.8. The molecule has 5 rings (SSSR count). The number of benzene rings is 2. The molecule has 0 saturated heterocycles. The van der Waals surface area contributed by atoms with Crippen molar-refractivity contribution in [1.82, 2.24) is 14.9 Å². The number of imidazole rings is 1. The molecule has 1 aliphatic carbocycles. The molecule has 0 aliphatic heterocycles. The first kappa shape index (κ1) is 21.2. The lowest BCUT2D eigenvalue weighted by molar-refractivity contribution is 0.0924. The fraction of sp³-hybridized carbons (Fsp3) is 0.259. The smallest absolute Gasteiger partial charge is 0.287 e. The molecule has 1 aliphatic rings. The third kappa shape index (κ3) is 4.46. The summed E-state index contributed by atoms with van der Waals surface area (Å²) in [6, 6.07) is 18.2. The summed E-state index contributed by atoms with van der Waals surface area (Å²) < 4.78 is 21.7. The zero-order valence-electron chi connectivity index (χ0n) is 18.6. The molecule has 5 nitrogen and oxygen atoms in total. The fourth-order valence-electron chi connectivity index (χ4n) is 4.56. The van der Waals surface area contributed by atoms with E-state index in [0.717, 1.165) is 40.9 Å². The number of hydrogen-bond donors (Lipinski definition) is 1. The highest BCUT2D eigenvalue weighted by Crippen LogP contribution is 2.39. The minimum absolute atomic E-state index is 0.252. The lowest BCUT2D eigenvalue weighted by Gasteiger charge is -2.15. The average molecular weight is 444 g/mol. The average Bonchev–Trinajstić information content (AvgIpc) is 3.58. The van der Waals surface area contributed by atoms with E-state index in [0.29, 0.717) is 18.3 Å². The van der Waals surface area contributed by atoms with Crippen LogP contribution in [0.3, 0.4) is 0 Å². The number of hydrogen-bond acceptors (Lipinski definition) is 3. The molecule has 0 radical (unpaired) electrons. The maximum absolute atomic E-state index is 13.5. The first-order valence-electron chi connectivity index (χ1n) is 11.4. The van der Waals surface area contributed by atoms with Crippen LogP contribution >= 0.6 is 0 Å². The van der Waals surface area contributed by atoms with E-state index in [1.165, 1.54) is 25.0 Å². The zero-order valence-corrected chi connectivity index (χ0v) is 18.6. The normalized spacial score (nSPS) is 14.0. The van der Waals surface area contributed by atoms with Gasteiger partial charge in [0.1, 0.15) is 11.5 Å². The summed E-state index contributed by atoms with van der Waals surface area (Å²) >= 11 is 0. The number of halogens is 1. The van der Waals surface area contributed by atoms with Gasteiger partial charge in [-0.15, -0.1) is 0 Å². The molecule has 4 aromatic rings. The van der Waals surface area contributed by atoms with Gasteiger partial charge < -0.3 is 14.3 Å². The van der Waals surface area contributed by atoms with Crippen LogP contribution in [0.15, 0.2) is 71.4 Å². The highest BCUT2D eigenvalue weighted by Gasteiger charge is 2.25. The number of nitrogens with zero attached hydrogens (tertiary/aromatic N) is 2. The number of carbonyl (C=O) groups is 1. The topological polar surface area (TPSA) is 60.1 Å². The second-order valence-corrected chi connectivity index (χ2v) is 8.63. The molecule has 0 bridgehead atoms. The monoisotopic (exact) mass is 443 g/mol. The summed E-state index contributed by atoms with van der Waals surface area (Å²) in [5, 5.41) is 2.93. The summed E-state index contributed by atoms with van der Waals surface area (Å²) in [4.78, 5) is 17.4. The Kier molecular flexibility index (Phi) is 5.82. The Morgan fingerprint density at radius 3 is 2.67 bits per heavy atom. The molecule has 168 valence electrons. The Hall–Kier alpha value is -3.67. The lowest BCUT2D eigenvalue weighted by Crippen LogP contribution is -2.22.